The minimum atomic E-state index is -0.638. The topological polar surface area (TPSA) is 45.0 Å². The Bertz CT molecular complexity index is 975. The zero-order valence-electron chi connectivity index (χ0n) is 15.3. The third-order valence-electron chi connectivity index (χ3n) is 6.04. The molecule has 2 heterocycles. The second-order valence-electron chi connectivity index (χ2n) is 8.14. The van der Waals surface area contributed by atoms with Gasteiger partial charge in [-0.3, -0.25) is 9.69 Å². The van der Waals surface area contributed by atoms with Crippen LogP contribution in [0.1, 0.15) is 46.0 Å². The van der Waals surface area contributed by atoms with E-state index in [0.29, 0.717) is 0 Å². The Morgan fingerprint density at radius 2 is 1.62 bits per heavy atom. The Morgan fingerprint density at radius 3 is 2.31 bits per heavy atom. The smallest absolute Gasteiger partial charge is 0.240 e. The molecule has 2 aromatic carbocycles. The summed E-state index contributed by atoms with van der Waals surface area (Å²) in [7, 11) is 0. The molecule has 0 radical (unpaired) electrons. The lowest BCUT2D eigenvalue weighted by atomic mass is 9.89. The van der Waals surface area contributed by atoms with Crippen molar-refractivity contribution in [2.45, 2.75) is 52.0 Å². The molecule has 132 valence electrons. The average Bonchev–Trinajstić information content (AvgIpc) is 2.77. The van der Waals surface area contributed by atoms with Crippen LogP contribution in [0.15, 0.2) is 46.4 Å². The van der Waals surface area contributed by atoms with E-state index >= 15 is 0 Å². The molecular weight excluding hydrogens is 322 g/mol. The number of amidine groups is 1. The molecule has 1 saturated heterocycles. The number of hydrogen-bond donors (Lipinski definition) is 0. The summed E-state index contributed by atoms with van der Waals surface area (Å²) < 4.78 is 0. The van der Waals surface area contributed by atoms with E-state index in [2.05, 4.69) is 12.1 Å². The van der Waals surface area contributed by atoms with Gasteiger partial charge in [0.1, 0.15) is 0 Å². The van der Waals surface area contributed by atoms with Crippen molar-refractivity contribution in [1.82, 2.24) is 4.90 Å². The maximum Gasteiger partial charge on any atom is 0.240 e. The monoisotopic (exact) mass is 345 g/mol. The number of rotatable bonds is 1. The van der Waals surface area contributed by atoms with Crippen LogP contribution in [0.2, 0.25) is 0 Å². The van der Waals surface area contributed by atoms with E-state index in [1.165, 1.54) is 19.3 Å². The van der Waals surface area contributed by atoms with E-state index in [-0.39, 0.29) is 11.9 Å². The van der Waals surface area contributed by atoms with Gasteiger partial charge in [-0.25, -0.2) is 9.98 Å². The summed E-state index contributed by atoms with van der Waals surface area (Å²) in [5, 5.41) is 2.22. The van der Waals surface area contributed by atoms with Crippen molar-refractivity contribution in [3.05, 3.63) is 36.4 Å². The van der Waals surface area contributed by atoms with Crippen LogP contribution < -0.4 is 0 Å². The van der Waals surface area contributed by atoms with Gasteiger partial charge in [0.15, 0.2) is 5.84 Å². The fraction of sp³-hybridized carbons (Fsp3) is 0.409. The maximum atomic E-state index is 13.3. The van der Waals surface area contributed by atoms with Crippen molar-refractivity contribution in [3.8, 4) is 0 Å². The van der Waals surface area contributed by atoms with Gasteiger partial charge in [-0.05, 0) is 44.2 Å². The van der Waals surface area contributed by atoms with E-state index < -0.39 is 5.41 Å². The van der Waals surface area contributed by atoms with Crippen molar-refractivity contribution >= 4 is 39.6 Å². The van der Waals surface area contributed by atoms with E-state index in [4.69, 9.17) is 9.98 Å². The summed E-state index contributed by atoms with van der Waals surface area (Å²) in [4.78, 5) is 25.3. The summed E-state index contributed by atoms with van der Waals surface area (Å²) in [6.07, 6.45) is 5.76. The van der Waals surface area contributed by atoms with Crippen molar-refractivity contribution in [1.29, 1.82) is 0 Å². The highest BCUT2D eigenvalue weighted by molar-refractivity contribution is 6.54. The van der Waals surface area contributed by atoms with Gasteiger partial charge in [0.05, 0.1) is 22.5 Å². The lowest BCUT2D eigenvalue weighted by Gasteiger charge is -2.31. The fourth-order valence-electron chi connectivity index (χ4n) is 4.59. The van der Waals surface area contributed by atoms with Gasteiger partial charge in [0.25, 0.3) is 0 Å². The molecule has 1 saturated carbocycles. The number of amides is 1. The van der Waals surface area contributed by atoms with Crippen LogP contribution in [0, 0.1) is 5.41 Å². The van der Waals surface area contributed by atoms with E-state index in [9.17, 15) is 4.79 Å². The van der Waals surface area contributed by atoms with Gasteiger partial charge >= 0.3 is 0 Å². The summed E-state index contributed by atoms with van der Waals surface area (Å²) in [5.41, 5.74) is 2.01. The Hall–Kier alpha value is -2.49. The Kier molecular flexibility index (Phi) is 3.33. The van der Waals surface area contributed by atoms with Gasteiger partial charge in [-0.2, -0.15) is 0 Å². The molecule has 0 bridgehead atoms. The molecule has 2 aliphatic heterocycles. The number of carbonyl (C=O) groups excluding carboxylic acids is 1. The summed E-state index contributed by atoms with van der Waals surface area (Å²) in [5.74, 6) is 0.920. The van der Waals surface area contributed by atoms with E-state index in [1.54, 1.807) is 0 Å². The van der Waals surface area contributed by atoms with Gasteiger partial charge < -0.3 is 0 Å². The normalized spacial score (nSPS) is 22.1. The number of aliphatic imine (C=N–C) groups is 2. The highest BCUT2D eigenvalue weighted by atomic mass is 16.2. The number of benzene rings is 2. The number of nitrogens with zero attached hydrogens (tertiary/aromatic N) is 3. The molecule has 0 atom stereocenters. The van der Waals surface area contributed by atoms with Gasteiger partial charge in [0.2, 0.25) is 5.91 Å². The van der Waals surface area contributed by atoms with Crippen LogP contribution >= 0.6 is 0 Å². The SMILES string of the molecule is CC1(C)C(=O)N(C2CCCCC2)C2=Nc3cccc4cccc(c34)N=C21. The first-order valence-corrected chi connectivity index (χ1v) is 9.61. The standard InChI is InChI=1S/C22H23N3O/c1-22(2)19-20(25(21(22)26)15-10-4-3-5-11-15)24-17-13-7-9-14-8-6-12-16(23-19)18(14)17/h6-9,12-13,15H,3-5,10-11H2,1-2H3. The van der Waals surface area contributed by atoms with Gasteiger partial charge in [0, 0.05) is 11.4 Å². The first-order valence-electron chi connectivity index (χ1n) is 9.61. The second-order valence-corrected chi connectivity index (χ2v) is 8.14. The van der Waals surface area contributed by atoms with E-state index in [0.717, 1.165) is 46.5 Å². The molecule has 0 N–H and O–H groups in total. The van der Waals surface area contributed by atoms with E-state index in [1.807, 2.05) is 43.0 Å². The zero-order valence-corrected chi connectivity index (χ0v) is 15.3. The van der Waals surface area contributed by atoms with Crippen LogP contribution in [-0.4, -0.2) is 28.4 Å². The summed E-state index contributed by atoms with van der Waals surface area (Å²) in [6, 6.07) is 12.6. The lowest BCUT2D eigenvalue weighted by molar-refractivity contribution is -0.133. The molecular formula is C22H23N3O. The molecule has 3 aliphatic rings. The number of carbonyl (C=O) groups is 1. The zero-order chi connectivity index (χ0) is 17.9. The Morgan fingerprint density at radius 1 is 0.962 bits per heavy atom. The highest BCUT2D eigenvalue weighted by Crippen LogP contribution is 2.43. The number of fused-ring (bicyclic) bond motifs is 1. The predicted octanol–water partition coefficient (Wildman–Crippen LogP) is 5.16. The number of likely N-dealkylation sites (tertiary alicyclic amines) is 1. The van der Waals surface area contributed by atoms with Crippen LogP contribution in [-0.2, 0) is 4.79 Å². The Balaban J connectivity index is 1.75. The van der Waals surface area contributed by atoms with Crippen LogP contribution in [0.3, 0.4) is 0 Å². The molecule has 1 amide bonds. The maximum absolute atomic E-state index is 13.3. The van der Waals surface area contributed by atoms with Crippen molar-refractivity contribution in [3.63, 3.8) is 0 Å². The van der Waals surface area contributed by atoms with Crippen LogP contribution in [0.5, 0.6) is 0 Å². The van der Waals surface area contributed by atoms with Crippen molar-refractivity contribution in [2.75, 3.05) is 0 Å². The summed E-state index contributed by atoms with van der Waals surface area (Å²) >= 11 is 0. The molecule has 4 heteroatoms. The minimum Gasteiger partial charge on any atom is -0.291 e. The third kappa shape index (κ3) is 2.11. The second kappa shape index (κ2) is 5.50. The third-order valence-corrected chi connectivity index (χ3v) is 6.04. The molecule has 2 fully saturated rings. The predicted molar refractivity (Wildman–Crippen MR) is 106 cm³/mol. The molecule has 2 aromatic rings. The van der Waals surface area contributed by atoms with Crippen LogP contribution in [0.25, 0.3) is 10.8 Å². The Labute approximate surface area is 153 Å². The minimum absolute atomic E-state index is 0.147. The molecule has 0 spiro atoms. The molecule has 1 aliphatic carbocycles. The van der Waals surface area contributed by atoms with Crippen LogP contribution in [0.4, 0.5) is 11.4 Å². The number of hydrogen-bond acceptors (Lipinski definition) is 3. The molecule has 0 aromatic heterocycles. The van der Waals surface area contributed by atoms with Crippen molar-refractivity contribution < 1.29 is 4.79 Å². The largest absolute Gasteiger partial charge is 0.291 e. The molecule has 4 nitrogen and oxygen atoms in total. The first kappa shape index (κ1) is 15.7. The summed E-state index contributed by atoms with van der Waals surface area (Å²) in [6.45, 7) is 3.98. The average molecular weight is 345 g/mol. The quantitative estimate of drug-likeness (QED) is 0.704. The molecule has 0 unspecified atom stereocenters. The van der Waals surface area contributed by atoms with Gasteiger partial charge in [-0.1, -0.05) is 43.5 Å². The highest BCUT2D eigenvalue weighted by Gasteiger charge is 2.52. The fourth-order valence-corrected chi connectivity index (χ4v) is 4.59. The van der Waals surface area contributed by atoms with Crippen molar-refractivity contribution in [2.24, 2.45) is 15.4 Å². The molecule has 26 heavy (non-hydrogen) atoms. The first-order chi connectivity index (χ1) is 12.6. The molecule has 5 rings (SSSR count). The lowest BCUT2D eigenvalue weighted by Crippen LogP contribution is -2.42. The van der Waals surface area contributed by atoms with Gasteiger partial charge in [-0.15, -0.1) is 0 Å².